The third-order valence-corrected chi connectivity index (χ3v) is 8.74. The summed E-state index contributed by atoms with van der Waals surface area (Å²) in [4.78, 5) is 35.6. The first kappa shape index (κ1) is 29.4. The summed E-state index contributed by atoms with van der Waals surface area (Å²) in [6, 6.07) is 21.4. The number of piperidine rings is 2. The number of aromatic nitrogens is 2. The average Bonchev–Trinajstić information content (AvgIpc) is 3.05. The Morgan fingerprint density at radius 3 is 2.18 bits per heavy atom. The second-order valence-electron chi connectivity index (χ2n) is 11.8. The van der Waals surface area contributed by atoms with E-state index >= 15 is 0 Å². The predicted molar refractivity (Wildman–Crippen MR) is 177 cm³/mol. The van der Waals surface area contributed by atoms with E-state index in [1.165, 1.54) is 23.8 Å². The Hall–Kier alpha value is -4.63. The van der Waals surface area contributed by atoms with Crippen LogP contribution in [0.25, 0.3) is 11.3 Å². The highest BCUT2D eigenvalue weighted by Crippen LogP contribution is 2.29. The van der Waals surface area contributed by atoms with Crippen LogP contribution in [0.15, 0.2) is 77.7 Å². The van der Waals surface area contributed by atoms with Gasteiger partial charge in [0, 0.05) is 73.3 Å². The standard InChI is InChI=1S/C35H40N6O3/c1-24-30(7-6-8-31(24)38-34(43)25-9-13-27(14-10-25)40-19-4-3-5-20-40)32-23-39(2)35(44)33(37-32)36-26-11-15-28(16-12-26)41-21-17-29(42)18-22-41/h6-16,23,29,42H,3-5,17-22H2,1-2H3,(H,36,37)(H,38,43). The number of carbonyl (C=O) groups excluding carboxylic acids is 1. The fraction of sp³-hybridized carbons (Fsp3) is 0.343. The van der Waals surface area contributed by atoms with Gasteiger partial charge in [0.2, 0.25) is 0 Å². The molecule has 2 saturated heterocycles. The number of aryl methyl sites for hydroxylation is 1. The first-order valence-electron chi connectivity index (χ1n) is 15.5. The zero-order valence-corrected chi connectivity index (χ0v) is 25.4. The zero-order valence-electron chi connectivity index (χ0n) is 25.4. The summed E-state index contributed by atoms with van der Waals surface area (Å²) in [6.07, 6.45) is 6.73. The maximum Gasteiger partial charge on any atom is 0.293 e. The maximum atomic E-state index is 13.2. The normalized spacial score (nSPS) is 15.7. The number of aliphatic hydroxyl groups is 1. The number of amides is 1. The molecule has 2 aliphatic rings. The van der Waals surface area contributed by atoms with Crippen molar-refractivity contribution in [3.05, 3.63) is 94.4 Å². The van der Waals surface area contributed by atoms with Crippen molar-refractivity contribution in [3.8, 4) is 11.3 Å². The molecule has 0 bridgehead atoms. The number of hydrogen-bond acceptors (Lipinski definition) is 7. The zero-order chi connectivity index (χ0) is 30.6. The molecule has 9 nitrogen and oxygen atoms in total. The molecule has 228 valence electrons. The van der Waals surface area contributed by atoms with E-state index in [1.54, 1.807) is 13.2 Å². The fourth-order valence-electron chi connectivity index (χ4n) is 6.05. The fourth-order valence-corrected chi connectivity index (χ4v) is 6.05. The van der Waals surface area contributed by atoms with Gasteiger partial charge in [0.15, 0.2) is 5.82 Å². The Balaban J connectivity index is 1.18. The molecular formula is C35H40N6O3. The Morgan fingerprint density at radius 1 is 0.864 bits per heavy atom. The second-order valence-corrected chi connectivity index (χ2v) is 11.8. The summed E-state index contributed by atoms with van der Waals surface area (Å²) in [5, 5.41) is 16.1. The van der Waals surface area contributed by atoms with Crippen LogP contribution in [0.2, 0.25) is 0 Å². The lowest BCUT2D eigenvalue weighted by atomic mass is 10.0. The van der Waals surface area contributed by atoms with Gasteiger partial charge >= 0.3 is 0 Å². The first-order chi connectivity index (χ1) is 21.4. The average molecular weight is 593 g/mol. The molecule has 3 aromatic carbocycles. The molecule has 0 radical (unpaired) electrons. The van der Waals surface area contributed by atoms with E-state index in [9.17, 15) is 14.7 Å². The third-order valence-electron chi connectivity index (χ3n) is 8.74. The minimum absolute atomic E-state index is 0.171. The van der Waals surface area contributed by atoms with Crippen LogP contribution < -0.4 is 26.0 Å². The summed E-state index contributed by atoms with van der Waals surface area (Å²) in [6.45, 7) is 5.71. The van der Waals surface area contributed by atoms with Crippen molar-refractivity contribution in [1.82, 2.24) is 9.55 Å². The topological polar surface area (TPSA) is 103 Å². The molecule has 0 aliphatic carbocycles. The molecule has 0 atom stereocenters. The molecule has 44 heavy (non-hydrogen) atoms. The number of nitrogens with zero attached hydrogens (tertiary/aromatic N) is 4. The molecule has 9 heteroatoms. The maximum absolute atomic E-state index is 13.2. The van der Waals surface area contributed by atoms with E-state index < -0.39 is 0 Å². The number of rotatable bonds is 7. The largest absolute Gasteiger partial charge is 0.393 e. The van der Waals surface area contributed by atoms with Crippen LogP contribution in [0, 0.1) is 6.92 Å². The van der Waals surface area contributed by atoms with Crippen molar-refractivity contribution in [2.45, 2.75) is 45.1 Å². The van der Waals surface area contributed by atoms with Crippen LogP contribution in [0.1, 0.15) is 48.0 Å². The molecule has 3 heterocycles. The van der Waals surface area contributed by atoms with Gasteiger partial charge < -0.3 is 30.1 Å². The van der Waals surface area contributed by atoms with Crippen LogP contribution in [0.4, 0.5) is 28.6 Å². The monoisotopic (exact) mass is 592 g/mol. The highest BCUT2D eigenvalue weighted by atomic mass is 16.3. The van der Waals surface area contributed by atoms with Gasteiger partial charge in [-0.1, -0.05) is 12.1 Å². The van der Waals surface area contributed by atoms with Crippen LogP contribution in [-0.4, -0.2) is 52.8 Å². The van der Waals surface area contributed by atoms with Gasteiger partial charge in [0.25, 0.3) is 11.5 Å². The molecule has 2 aliphatic heterocycles. The Labute approximate surface area is 258 Å². The number of hydrogen-bond donors (Lipinski definition) is 3. The van der Waals surface area contributed by atoms with Gasteiger partial charge in [-0.2, -0.15) is 0 Å². The molecule has 0 spiro atoms. The van der Waals surface area contributed by atoms with Gasteiger partial charge in [0.05, 0.1) is 11.8 Å². The van der Waals surface area contributed by atoms with Gasteiger partial charge in [-0.15, -0.1) is 0 Å². The van der Waals surface area contributed by atoms with Gasteiger partial charge in [0.1, 0.15) is 0 Å². The Morgan fingerprint density at radius 2 is 1.50 bits per heavy atom. The minimum atomic E-state index is -0.238. The Bertz CT molecular complexity index is 1670. The minimum Gasteiger partial charge on any atom is -0.393 e. The predicted octanol–water partition coefficient (Wildman–Crippen LogP) is 5.70. The summed E-state index contributed by atoms with van der Waals surface area (Å²) < 4.78 is 1.52. The van der Waals surface area contributed by atoms with Gasteiger partial charge in [-0.3, -0.25) is 9.59 Å². The lowest BCUT2D eigenvalue weighted by molar-refractivity contribution is 0.102. The van der Waals surface area contributed by atoms with Crippen molar-refractivity contribution in [1.29, 1.82) is 0 Å². The van der Waals surface area contributed by atoms with E-state index in [-0.39, 0.29) is 23.4 Å². The summed E-state index contributed by atoms with van der Waals surface area (Å²) in [7, 11) is 1.71. The van der Waals surface area contributed by atoms with Crippen molar-refractivity contribution >= 4 is 34.5 Å². The third kappa shape index (κ3) is 6.48. The number of aliphatic hydroxyl groups excluding tert-OH is 1. The first-order valence-corrected chi connectivity index (χ1v) is 15.5. The molecule has 6 rings (SSSR count). The molecule has 3 N–H and O–H groups in total. The molecule has 1 aromatic heterocycles. The molecule has 1 amide bonds. The molecule has 4 aromatic rings. The number of carbonyl (C=O) groups is 1. The van der Waals surface area contributed by atoms with Gasteiger partial charge in [-0.05, 0) is 99.2 Å². The van der Waals surface area contributed by atoms with Crippen molar-refractivity contribution in [2.75, 3.05) is 46.6 Å². The van der Waals surface area contributed by atoms with Crippen LogP contribution in [0.5, 0.6) is 0 Å². The van der Waals surface area contributed by atoms with Crippen molar-refractivity contribution < 1.29 is 9.90 Å². The van der Waals surface area contributed by atoms with E-state index in [0.717, 1.165) is 67.2 Å². The van der Waals surface area contributed by atoms with Crippen molar-refractivity contribution in [3.63, 3.8) is 0 Å². The SMILES string of the molecule is Cc1c(NC(=O)c2ccc(N3CCCCC3)cc2)cccc1-c1cn(C)c(=O)c(Nc2ccc(N3CCC(O)CC3)cc2)n1. The van der Waals surface area contributed by atoms with E-state index in [2.05, 4.69) is 20.4 Å². The second kappa shape index (κ2) is 12.9. The number of benzene rings is 3. The van der Waals surface area contributed by atoms with E-state index in [4.69, 9.17) is 4.98 Å². The quantitative estimate of drug-likeness (QED) is 0.253. The lowest BCUT2D eigenvalue weighted by Crippen LogP contribution is -2.35. The Kier molecular flexibility index (Phi) is 8.65. The van der Waals surface area contributed by atoms with Crippen molar-refractivity contribution in [2.24, 2.45) is 7.05 Å². The van der Waals surface area contributed by atoms with Gasteiger partial charge in [-0.25, -0.2) is 4.98 Å². The summed E-state index contributed by atoms with van der Waals surface area (Å²) >= 11 is 0. The smallest absolute Gasteiger partial charge is 0.293 e. The lowest BCUT2D eigenvalue weighted by Gasteiger charge is -2.31. The molecule has 2 fully saturated rings. The van der Waals surface area contributed by atoms with Crippen LogP contribution in [-0.2, 0) is 7.05 Å². The highest BCUT2D eigenvalue weighted by Gasteiger charge is 2.18. The van der Waals surface area contributed by atoms with E-state index in [1.807, 2.05) is 73.7 Å². The van der Waals surface area contributed by atoms with E-state index in [0.29, 0.717) is 16.9 Å². The van der Waals surface area contributed by atoms with Crippen LogP contribution >= 0.6 is 0 Å². The molecular weight excluding hydrogens is 552 g/mol. The van der Waals surface area contributed by atoms with Crippen LogP contribution in [0.3, 0.4) is 0 Å². The molecule has 0 unspecified atom stereocenters. The number of anilines is 5. The number of nitrogens with one attached hydrogen (secondary N) is 2. The highest BCUT2D eigenvalue weighted by molar-refractivity contribution is 6.05. The summed E-state index contributed by atoms with van der Waals surface area (Å²) in [5.41, 5.74) is 6.37. The summed E-state index contributed by atoms with van der Waals surface area (Å²) in [5.74, 6) is 0.0527. The molecule has 0 saturated carbocycles.